The highest BCUT2D eigenvalue weighted by Gasteiger charge is 2.29. The van der Waals surface area contributed by atoms with Gasteiger partial charge in [-0.2, -0.15) is 0 Å². The first-order valence-corrected chi connectivity index (χ1v) is 9.80. The predicted octanol–water partition coefficient (Wildman–Crippen LogP) is 4.52. The Morgan fingerprint density at radius 3 is 2.09 bits per heavy atom. The number of rotatable bonds is 7. The van der Waals surface area contributed by atoms with E-state index in [-0.39, 0.29) is 17.9 Å². The van der Waals surface area contributed by atoms with Gasteiger partial charge < -0.3 is 18.5 Å². The van der Waals surface area contributed by atoms with Crippen molar-refractivity contribution in [1.82, 2.24) is 0 Å². The van der Waals surface area contributed by atoms with Gasteiger partial charge in [0, 0.05) is 11.0 Å². The van der Waals surface area contributed by atoms with Crippen molar-refractivity contribution in [3.8, 4) is 0 Å². The summed E-state index contributed by atoms with van der Waals surface area (Å²) < 4.78 is 34.7. The number of benzene rings is 1. The van der Waals surface area contributed by atoms with Gasteiger partial charge in [-0.25, -0.2) is 0 Å². The number of hydrogen-bond donors (Lipinski definition) is 0. The van der Waals surface area contributed by atoms with Gasteiger partial charge in [0.15, 0.2) is 6.29 Å². The molecule has 0 aliphatic carbocycles. The summed E-state index contributed by atoms with van der Waals surface area (Å²) in [7, 11) is -3.07. The van der Waals surface area contributed by atoms with Gasteiger partial charge >= 0.3 is 7.60 Å². The summed E-state index contributed by atoms with van der Waals surface area (Å²) >= 11 is 0. The van der Waals surface area contributed by atoms with E-state index in [4.69, 9.17) is 18.5 Å². The second-order valence-corrected chi connectivity index (χ2v) is 8.52. The fourth-order valence-electron chi connectivity index (χ4n) is 2.41. The summed E-state index contributed by atoms with van der Waals surface area (Å²) in [5, 5.41) is 0. The zero-order valence-corrected chi connectivity index (χ0v) is 15.3. The lowest BCUT2D eigenvalue weighted by Crippen LogP contribution is -2.33. The van der Waals surface area contributed by atoms with E-state index in [0.717, 1.165) is 11.1 Å². The third-order valence-electron chi connectivity index (χ3n) is 3.53. The van der Waals surface area contributed by atoms with E-state index in [2.05, 4.69) is 13.8 Å². The Bertz CT molecular complexity index is 520. The van der Waals surface area contributed by atoms with E-state index in [1.165, 1.54) is 0 Å². The second kappa shape index (κ2) is 7.91. The second-order valence-electron chi connectivity index (χ2n) is 6.46. The van der Waals surface area contributed by atoms with Gasteiger partial charge in [-0.1, -0.05) is 38.1 Å². The third kappa shape index (κ3) is 5.40. The quantitative estimate of drug-likeness (QED) is 0.682. The normalized spacial score (nSPS) is 19.0. The fourth-order valence-corrected chi connectivity index (χ4v) is 4.11. The summed E-state index contributed by atoms with van der Waals surface area (Å²) in [6.07, 6.45) is -0.0587. The molecular weight excluding hydrogens is 315 g/mol. The van der Waals surface area contributed by atoms with Crippen molar-refractivity contribution < 1.29 is 23.1 Å². The van der Waals surface area contributed by atoms with Gasteiger partial charge in [0.05, 0.1) is 32.6 Å². The van der Waals surface area contributed by atoms with Crippen molar-refractivity contribution in [2.24, 2.45) is 5.41 Å². The lowest BCUT2D eigenvalue weighted by molar-refractivity contribution is -0.226. The SMILES string of the molecule is CCOP(=O)(Cc1ccc(C2OCC(C)(C)CO2)cc1)OCC. The van der Waals surface area contributed by atoms with Crippen LogP contribution in [0.25, 0.3) is 0 Å². The van der Waals surface area contributed by atoms with Crippen LogP contribution in [0.2, 0.25) is 0 Å². The highest BCUT2D eigenvalue weighted by atomic mass is 31.2. The Balaban J connectivity index is 2.00. The van der Waals surface area contributed by atoms with E-state index in [9.17, 15) is 4.57 Å². The maximum absolute atomic E-state index is 12.5. The largest absolute Gasteiger partial charge is 0.348 e. The zero-order valence-electron chi connectivity index (χ0n) is 14.4. The van der Waals surface area contributed by atoms with Crippen LogP contribution in [0, 0.1) is 5.41 Å². The molecule has 0 bridgehead atoms. The minimum Gasteiger partial charge on any atom is -0.348 e. The van der Waals surface area contributed by atoms with Crippen molar-refractivity contribution in [3.63, 3.8) is 0 Å². The van der Waals surface area contributed by atoms with Crippen LogP contribution in [-0.2, 0) is 29.2 Å². The van der Waals surface area contributed by atoms with E-state index in [1.807, 2.05) is 38.1 Å². The number of ether oxygens (including phenoxy) is 2. The van der Waals surface area contributed by atoms with Crippen LogP contribution < -0.4 is 0 Å². The number of hydrogen-bond acceptors (Lipinski definition) is 5. The molecule has 0 spiro atoms. The van der Waals surface area contributed by atoms with Crippen LogP contribution in [0.4, 0.5) is 0 Å². The van der Waals surface area contributed by atoms with Crippen LogP contribution in [0.3, 0.4) is 0 Å². The first kappa shape index (κ1) is 18.6. The van der Waals surface area contributed by atoms with Crippen molar-refractivity contribution in [1.29, 1.82) is 0 Å². The van der Waals surface area contributed by atoms with Gasteiger partial charge in [-0.05, 0) is 19.4 Å². The molecule has 1 heterocycles. The van der Waals surface area contributed by atoms with Crippen molar-refractivity contribution in [2.45, 2.75) is 40.1 Å². The Morgan fingerprint density at radius 1 is 1.09 bits per heavy atom. The molecule has 5 nitrogen and oxygen atoms in total. The van der Waals surface area contributed by atoms with Crippen LogP contribution >= 0.6 is 7.60 Å². The van der Waals surface area contributed by atoms with E-state index in [1.54, 1.807) is 0 Å². The summed E-state index contributed by atoms with van der Waals surface area (Å²) in [5.41, 5.74) is 1.93. The molecule has 130 valence electrons. The fraction of sp³-hybridized carbons (Fsp3) is 0.647. The summed E-state index contributed by atoms with van der Waals surface area (Å²) in [5.74, 6) is 0. The van der Waals surface area contributed by atoms with Gasteiger partial charge in [0.2, 0.25) is 0 Å². The Morgan fingerprint density at radius 2 is 1.61 bits per heavy atom. The van der Waals surface area contributed by atoms with Crippen molar-refractivity contribution in [2.75, 3.05) is 26.4 Å². The molecule has 0 N–H and O–H groups in total. The molecule has 1 aliphatic rings. The Kier molecular flexibility index (Phi) is 6.40. The third-order valence-corrected chi connectivity index (χ3v) is 5.59. The first-order chi connectivity index (χ1) is 10.9. The van der Waals surface area contributed by atoms with Crippen LogP contribution in [-0.4, -0.2) is 26.4 Å². The molecule has 0 unspecified atom stereocenters. The van der Waals surface area contributed by atoms with E-state index in [0.29, 0.717) is 26.4 Å². The first-order valence-electron chi connectivity index (χ1n) is 8.07. The summed E-state index contributed by atoms with van der Waals surface area (Å²) in [6, 6.07) is 7.74. The highest BCUT2D eigenvalue weighted by Crippen LogP contribution is 2.51. The zero-order chi connectivity index (χ0) is 16.9. The molecule has 23 heavy (non-hydrogen) atoms. The maximum Gasteiger partial charge on any atom is 0.335 e. The molecule has 1 aromatic carbocycles. The monoisotopic (exact) mass is 342 g/mol. The lowest BCUT2D eigenvalue weighted by Gasteiger charge is -2.34. The lowest BCUT2D eigenvalue weighted by atomic mass is 9.95. The minimum atomic E-state index is -3.07. The molecule has 0 amide bonds. The Hall–Kier alpha value is -0.710. The molecular formula is C17H27O5P. The standard InChI is InChI=1S/C17H27O5P/c1-5-21-23(18,22-6-2)11-14-7-9-15(10-8-14)16-19-12-17(3,4)13-20-16/h7-10,16H,5-6,11-13H2,1-4H3. The molecule has 1 saturated heterocycles. The summed E-state index contributed by atoms with van der Waals surface area (Å²) in [6.45, 7) is 9.94. The average Bonchev–Trinajstić information content (AvgIpc) is 2.48. The molecule has 1 aromatic rings. The average molecular weight is 342 g/mol. The molecule has 0 radical (unpaired) electrons. The molecule has 6 heteroatoms. The van der Waals surface area contributed by atoms with Crippen LogP contribution in [0.15, 0.2) is 24.3 Å². The summed E-state index contributed by atoms with van der Waals surface area (Å²) in [4.78, 5) is 0. The topological polar surface area (TPSA) is 54.0 Å². The minimum absolute atomic E-state index is 0.0536. The van der Waals surface area contributed by atoms with Gasteiger partial charge in [-0.3, -0.25) is 4.57 Å². The van der Waals surface area contributed by atoms with Crippen LogP contribution in [0.1, 0.15) is 45.1 Å². The van der Waals surface area contributed by atoms with E-state index >= 15 is 0 Å². The highest BCUT2D eigenvalue weighted by molar-refractivity contribution is 7.53. The van der Waals surface area contributed by atoms with Crippen molar-refractivity contribution in [3.05, 3.63) is 35.4 Å². The van der Waals surface area contributed by atoms with Gasteiger partial charge in [-0.15, -0.1) is 0 Å². The smallest absolute Gasteiger partial charge is 0.335 e. The molecule has 0 aromatic heterocycles. The predicted molar refractivity (Wildman–Crippen MR) is 89.4 cm³/mol. The van der Waals surface area contributed by atoms with Crippen molar-refractivity contribution >= 4 is 7.60 Å². The molecule has 2 rings (SSSR count). The molecule has 1 fully saturated rings. The maximum atomic E-state index is 12.5. The molecule has 0 saturated carbocycles. The molecule has 1 aliphatic heterocycles. The molecule has 0 atom stereocenters. The Labute approximate surface area is 138 Å². The van der Waals surface area contributed by atoms with Gasteiger partial charge in [0.25, 0.3) is 0 Å². The van der Waals surface area contributed by atoms with Crippen LogP contribution in [0.5, 0.6) is 0 Å². The van der Waals surface area contributed by atoms with E-state index < -0.39 is 7.60 Å². The van der Waals surface area contributed by atoms with Gasteiger partial charge in [0.1, 0.15) is 0 Å².